The van der Waals surface area contributed by atoms with Crippen LogP contribution >= 0.6 is 0 Å². The van der Waals surface area contributed by atoms with E-state index in [0.29, 0.717) is 29.1 Å². The summed E-state index contributed by atoms with van der Waals surface area (Å²) in [5, 5.41) is 9.41. The van der Waals surface area contributed by atoms with Crippen molar-refractivity contribution in [1.82, 2.24) is 25.0 Å². The molecule has 1 amide bonds. The molecule has 45 heavy (non-hydrogen) atoms. The molecule has 0 aliphatic rings. The Balaban J connectivity index is 1.36. The molecule has 5 aromatic rings. The summed E-state index contributed by atoms with van der Waals surface area (Å²) in [4.78, 5) is 28.4. The van der Waals surface area contributed by atoms with Crippen molar-refractivity contribution < 1.29 is 22.5 Å². The number of aryl methyl sites for hydroxylation is 2. The van der Waals surface area contributed by atoms with Gasteiger partial charge in [0.25, 0.3) is 5.91 Å². The van der Waals surface area contributed by atoms with Crippen LogP contribution in [0.3, 0.4) is 0 Å². The number of hydrogen-bond donors (Lipinski definition) is 2. The molecular formula is C33H32F3N7O2. The fraction of sp³-hybridized carbons (Fsp3) is 0.242. The molecule has 0 aliphatic carbocycles. The van der Waals surface area contributed by atoms with Gasteiger partial charge in [0, 0.05) is 52.6 Å². The SMILES string of the molecule is Cc1ccc(C(=O)Nc2ccc(CC(C)N(C)C)cc2C(F)(F)F)cc1Nc1nccc(-c2cncc(-c3oncc3C)c2)n1. The summed E-state index contributed by atoms with van der Waals surface area (Å²) in [6.45, 7) is 5.65. The second kappa shape index (κ2) is 12.9. The Morgan fingerprint density at radius 2 is 1.73 bits per heavy atom. The number of likely N-dealkylation sites (N-methyl/N-ethyl adjacent to an activating group) is 1. The summed E-state index contributed by atoms with van der Waals surface area (Å²) < 4.78 is 47.4. The van der Waals surface area contributed by atoms with Gasteiger partial charge in [-0.15, -0.1) is 0 Å². The minimum absolute atomic E-state index is 0.0417. The van der Waals surface area contributed by atoms with Crippen molar-refractivity contribution in [3.8, 4) is 22.6 Å². The minimum atomic E-state index is -4.65. The lowest BCUT2D eigenvalue weighted by Gasteiger charge is -2.21. The van der Waals surface area contributed by atoms with Crippen molar-refractivity contribution in [2.24, 2.45) is 0 Å². The minimum Gasteiger partial charge on any atom is -0.356 e. The summed E-state index contributed by atoms with van der Waals surface area (Å²) in [7, 11) is 3.74. The summed E-state index contributed by atoms with van der Waals surface area (Å²) in [6.07, 6.45) is 2.35. The zero-order chi connectivity index (χ0) is 32.3. The number of amides is 1. The molecule has 5 rings (SSSR count). The number of nitrogens with one attached hydrogen (secondary N) is 2. The molecule has 1 atom stereocenters. The Morgan fingerprint density at radius 3 is 2.44 bits per heavy atom. The van der Waals surface area contributed by atoms with E-state index in [-0.39, 0.29) is 23.2 Å². The highest BCUT2D eigenvalue weighted by Gasteiger charge is 2.34. The fourth-order valence-electron chi connectivity index (χ4n) is 4.65. The number of alkyl halides is 3. The van der Waals surface area contributed by atoms with Crippen molar-refractivity contribution in [3.05, 3.63) is 101 Å². The lowest BCUT2D eigenvalue weighted by molar-refractivity contribution is -0.137. The van der Waals surface area contributed by atoms with Crippen LogP contribution in [0.5, 0.6) is 0 Å². The van der Waals surface area contributed by atoms with Crippen molar-refractivity contribution in [3.63, 3.8) is 0 Å². The molecule has 0 aliphatic heterocycles. The van der Waals surface area contributed by atoms with Crippen LogP contribution in [0.15, 0.2) is 77.8 Å². The molecule has 0 fully saturated rings. The number of rotatable bonds is 9. The standard InChI is InChI=1S/C33H32F3N7O2/c1-19-6-8-23(31(44)40-28-9-7-22(12-21(3)43(4)5)13-26(28)33(34,35)36)15-29(19)42-32-38-11-10-27(41-32)24-14-25(18-37-17-24)30-20(2)16-39-45-30/h6-11,13-18,21H,12H2,1-5H3,(H,40,44)(H,38,41,42). The van der Waals surface area contributed by atoms with Crippen LogP contribution in [0.1, 0.15) is 39.5 Å². The van der Waals surface area contributed by atoms with E-state index in [2.05, 4.69) is 30.7 Å². The number of halogens is 3. The monoisotopic (exact) mass is 615 g/mol. The second-order valence-electron chi connectivity index (χ2n) is 11.1. The van der Waals surface area contributed by atoms with E-state index in [0.717, 1.165) is 28.3 Å². The molecule has 2 N–H and O–H groups in total. The van der Waals surface area contributed by atoms with Crippen LogP contribution in [0, 0.1) is 13.8 Å². The van der Waals surface area contributed by atoms with Gasteiger partial charge >= 0.3 is 6.18 Å². The first kappa shape index (κ1) is 31.3. The first-order chi connectivity index (χ1) is 21.4. The van der Waals surface area contributed by atoms with Crippen LogP contribution in [0.4, 0.5) is 30.5 Å². The van der Waals surface area contributed by atoms with Gasteiger partial charge in [-0.25, -0.2) is 9.97 Å². The molecule has 3 aromatic heterocycles. The topological polar surface area (TPSA) is 109 Å². The fourth-order valence-corrected chi connectivity index (χ4v) is 4.65. The van der Waals surface area contributed by atoms with E-state index < -0.39 is 17.6 Å². The van der Waals surface area contributed by atoms with Gasteiger partial charge in [0.1, 0.15) is 0 Å². The van der Waals surface area contributed by atoms with Gasteiger partial charge < -0.3 is 20.1 Å². The number of hydrogen-bond acceptors (Lipinski definition) is 8. The van der Waals surface area contributed by atoms with E-state index in [1.807, 2.05) is 45.8 Å². The number of pyridine rings is 1. The summed E-state index contributed by atoms with van der Waals surface area (Å²) >= 11 is 0. The van der Waals surface area contributed by atoms with E-state index in [4.69, 9.17) is 4.52 Å². The lowest BCUT2D eigenvalue weighted by atomic mass is 10.0. The number of anilines is 3. The molecular weight excluding hydrogens is 583 g/mol. The van der Waals surface area contributed by atoms with Crippen molar-refractivity contribution in [2.45, 2.75) is 39.4 Å². The zero-order valence-corrected chi connectivity index (χ0v) is 25.4. The lowest BCUT2D eigenvalue weighted by Crippen LogP contribution is -2.27. The Hall–Kier alpha value is -5.10. The highest BCUT2D eigenvalue weighted by atomic mass is 19.4. The van der Waals surface area contributed by atoms with Gasteiger partial charge in [-0.2, -0.15) is 13.2 Å². The molecule has 2 aromatic carbocycles. The van der Waals surface area contributed by atoms with Crippen molar-refractivity contribution in [2.75, 3.05) is 24.7 Å². The average Bonchev–Trinajstić information content (AvgIpc) is 3.44. The summed E-state index contributed by atoms with van der Waals surface area (Å²) in [5.41, 5.74) is 3.72. The molecule has 0 saturated carbocycles. The Labute approximate surface area is 258 Å². The number of carbonyl (C=O) groups excluding carboxylic acids is 1. The number of benzene rings is 2. The quantitative estimate of drug-likeness (QED) is 0.178. The average molecular weight is 616 g/mol. The van der Waals surface area contributed by atoms with Gasteiger partial charge in [0.05, 0.1) is 23.1 Å². The van der Waals surface area contributed by atoms with Gasteiger partial charge in [-0.1, -0.05) is 17.3 Å². The number of nitrogens with zero attached hydrogens (tertiary/aromatic N) is 5. The number of carbonyl (C=O) groups is 1. The van der Waals surface area contributed by atoms with Gasteiger partial charge in [-0.3, -0.25) is 9.78 Å². The largest absolute Gasteiger partial charge is 0.418 e. The molecule has 3 heterocycles. The third kappa shape index (κ3) is 7.35. The molecule has 232 valence electrons. The van der Waals surface area contributed by atoms with E-state index in [1.54, 1.807) is 55.1 Å². The molecule has 12 heteroatoms. The van der Waals surface area contributed by atoms with Crippen LogP contribution in [0.2, 0.25) is 0 Å². The maximum atomic E-state index is 14.0. The molecule has 1 unspecified atom stereocenters. The second-order valence-corrected chi connectivity index (χ2v) is 11.1. The Morgan fingerprint density at radius 1 is 0.956 bits per heavy atom. The molecule has 0 saturated heterocycles. The first-order valence-corrected chi connectivity index (χ1v) is 14.1. The summed E-state index contributed by atoms with van der Waals surface area (Å²) in [6, 6.07) is 12.5. The van der Waals surface area contributed by atoms with Gasteiger partial charge in [-0.05, 0) is 88.8 Å². The van der Waals surface area contributed by atoms with Crippen LogP contribution in [0.25, 0.3) is 22.6 Å². The van der Waals surface area contributed by atoms with E-state index in [9.17, 15) is 18.0 Å². The van der Waals surface area contributed by atoms with E-state index in [1.165, 1.54) is 6.07 Å². The molecule has 9 nitrogen and oxygen atoms in total. The Bertz CT molecular complexity index is 1840. The predicted molar refractivity (Wildman–Crippen MR) is 166 cm³/mol. The Kier molecular flexibility index (Phi) is 8.96. The summed E-state index contributed by atoms with van der Waals surface area (Å²) in [5.74, 6) is 0.189. The number of aromatic nitrogens is 4. The maximum Gasteiger partial charge on any atom is 0.418 e. The first-order valence-electron chi connectivity index (χ1n) is 14.1. The molecule has 0 bridgehead atoms. The van der Waals surface area contributed by atoms with Crippen LogP contribution in [-0.4, -0.2) is 51.1 Å². The van der Waals surface area contributed by atoms with Crippen molar-refractivity contribution in [1.29, 1.82) is 0 Å². The third-order valence-corrected chi connectivity index (χ3v) is 7.50. The normalized spacial score (nSPS) is 12.3. The van der Waals surface area contributed by atoms with Crippen molar-refractivity contribution >= 4 is 23.2 Å². The maximum absolute atomic E-state index is 14.0. The molecule has 0 spiro atoms. The zero-order valence-electron chi connectivity index (χ0n) is 25.4. The van der Waals surface area contributed by atoms with Gasteiger partial charge in [0.2, 0.25) is 5.95 Å². The smallest absolute Gasteiger partial charge is 0.356 e. The third-order valence-electron chi connectivity index (χ3n) is 7.50. The van der Waals surface area contributed by atoms with E-state index >= 15 is 0 Å². The highest BCUT2D eigenvalue weighted by molar-refractivity contribution is 6.05. The predicted octanol–water partition coefficient (Wildman–Crippen LogP) is 7.32. The molecule has 0 radical (unpaired) electrons. The van der Waals surface area contributed by atoms with Crippen LogP contribution < -0.4 is 10.6 Å². The highest BCUT2D eigenvalue weighted by Crippen LogP contribution is 2.36. The van der Waals surface area contributed by atoms with Gasteiger partial charge in [0.15, 0.2) is 5.76 Å². The van der Waals surface area contributed by atoms with Crippen LogP contribution in [-0.2, 0) is 12.6 Å².